The summed E-state index contributed by atoms with van der Waals surface area (Å²) >= 11 is 0. The second-order valence-electron chi connectivity index (χ2n) is 4.10. The predicted molar refractivity (Wildman–Crippen MR) is 72.0 cm³/mol. The van der Waals surface area contributed by atoms with Gasteiger partial charge in [0, 0.05) is 18.7 Å². The molecule has 17 heavy (non-hydrogen) atoms. The van der Waals surface area contributed by atoms with Gasteiger partial charge in [0.25, 0.3) is 0 Å². The van der Waals surface area contributed by atoms with E-state index in [2.05, 4.69) is 48.1 Å². The molecule has 5 heteroatoms. The molecule has 0 saturated carbocycles. The largest absolute Gasteiger partial charge is 0.356 e. The van der Waals surface area contributed by atoms with Crippen LogP contribution in [0.3, 0.4) is 0 Å². The molecule has 0 aromatic carbocycles. The molecule has 0 radical (unpaired) electrons. The van der Waals surface area contributed by atoms with Crippen LogP contribution in [-0.4, -0.2) is 23.1 Å². The van der Waals surface area contributed by atoms with E-state index in [1.54, 1.807) is 6.33 Å². The molecule has 0 spiro atoms. The Morgan fingerprint density at radius 2 is 1.94 bits per heavy atom. The zero-order chi connectivity index (χ0) is 12.8. The summed E-state index contributed by atoms with van der Waals surface area (Å²) in [7, 11) is 2.08. The molecule has 0 amide bonds. The number of hydrogen-bond donors (Lipinski definition) is 2. The van der Waals surface area contributed by atoms with E-state index in [0.717, 1.165) is 36.5 Å². The second-order valence-corrected chi connectivity index (χ2v) is 4.10. The fourth-order valence-electron chi connectivity index (χ4n) is 2.17. The van der Waals surface area contributed by atoms with Crippen LogP contribution >= 0.6 is 0 Å². The molecule has 1 rings (SSSR count). The van der Waals surface area contributed by atoms with Gasteiger partial charge in [-0.3, -0.25) is 0 Å². The molecule has 3 N–H and O–H groups in total. The SMILES string of the molecule is CCc1c(NN)ncnc1N(C)C(CC)CC. The van der Waals surface area contributed by atoms with Crippen LogP contribution in [0.1, 0.15) is 39.2 Å². The fourth-order valence-corrected chi connectivity index (χ4v) is 2.17. The number of anilines is 2. The molecule has 0 saturated heterocycles. The molecule has 0 bridgehead atoms. The maximum atomic E-state index is 5.48. The zero-order valence-corrected chi connectivity index (χ0v) is 11.2. The summed E-state index contributed by atoms with van der Waals surface area (Å²) < 4.78 is 0. The summed E-state index contributed by atoms with van der Waals surface area (Å²) in [5, 5.41) is 0. The zero-order valence-electron chi connectivity index (χ0n) is 11.2. The molecule has 0 atom stereocenters. The molecule has 1 aromatic heterocycles. The fraction of sp³-hybridized carbons (Fsp3) is 0.667. The van der Waals surface area contributed by atoms with Crippen molar-refractivity contribution in [1.29, 1.82) is 0 Å². The van der Waals surface area contributed by atoms with E-state index in [9.17, 15) is 0 Å². The molecule has 0 unspecified atom stereocenters. The van der Waals surface area contributed by atoms with Gasteiger partial charge in [-0.15, -0.1) is 0 Å². The topological polar surface area (TPSA) is 67.1 Å². The number of hydrogen-bond acceptors (Lipinski definition) is 5. The third-order valence-corrected chi connectivity index (χ3v) is 3.24. The number of nitrogen functional groups attached to an aromatic ring is 1. The molecule has 1 heterocycles. The van der Waals surface area contributed by atoms with E-state index < -0.39 is 0 Å². The highest BCUT2D eigenvalue weighted by Crippen LogP contribution is 2.25. The lowest BCUT2D eigenvalue weighted by atomic mass is 10.1. The maximum absolute atomic E-state index is 5.48. The Labute approximate surface area is 103 Å². The minimum absolute atomic E-state index is 0.501. The number of nitrogens with two attached hydrogens (primary N) is 1. The van der Waals surface area contributed by atoms with Gasteiger partial charge in [0.15, 0.2) is 0 Å². The highest BCUT2D eigenvalue weighted by Gasteiger charge is 2.17. The van der Waals surface area contributed by atoms with Crippen molar-refractivity contribution in [3.63, 3.8) is 0 Å². The standard InChI is InChI=1S/C12H23N5/c1-5-9(6-2)17(4)12-10(7-3)11(16-13)14-8-15-12/h8-9H,5-7,13H2,1-4H3,(H,14,15,16). The van der Waals surface area contributed by atoms with Crippen LogP contribution in [0.25, 0.3) is 0 Å². The predicted octanol–water partition coefficient (Wildman–Crippen LogP) is 1.95. The van der Waals surface area contributed by atoms with E-state index in [1.807, 2.05) is 0 Å². The van der Waals surface area contributed by atoms with Gasteiger partial charge in [-0.1, -0.05) is 20.8 Å². The van der Waals surface area contributed by atoms with Crippen LogP contribution in [0, 0.1) is 0 Å². The third-order valence-electron chi connectivity index (χ3n) is 3.24. The van der Waals surface area contributed by atoms with Crippen molar-refractivity contribution in [3.05, 3.63) is 11.9 Å². The van der Waals surface area contributed by atoms with E-state index in [0.29, 0.717) is 6.04 Å². The Morgan fingerprint density at radius 3 is 2.41 bits per heavy atom. The summed E-state index contributed by atoms with van der Waals surface area (Å²) in [5.74, 6) is 7.17. The summed E-state index contributed by atoms with van der Waals surface area (Å²) in [6.45, 7) is 6.48. The van der Waals surface area contributed by atoms with Gasteiger partial charge in [-0.2, -0.15) is 0 Å². The quantitative estimate of drug-likeness (QED) is 0.584. The summed E-state index contributed by atoms with van der Waals surface area (Å²) in [4.78, 5) is 10.8. The normalized spacial score (nSPS) is 10.7. The summed E-state index contributed by atoms with van der Waals surface area (Å²) in [6.07, 6.45) is 4.62. The first-order valence-corrected chi connectivity index (χ1v) is 6.22. The Bertz CT molecular complexity index is 349. The third kappa shape index (κ3) is 2.85. The van der Waals surface area contributed by atoms with Gasteiger partial charge in [0.1, 0.15) is 18.0 Å². The molecule has 0 aliphatic rings. The van der Waals surface area contributed by atoms with Gasteiger partial charge >= 0.3 is 0 Å². The first kappa shape index (κ1) is 13.7. The van der Waals surface area contributed by atoms with Crippen molar-refractivity contribution in [2.45, 2.75) is 46.1 Å². The first-order chi connectivity index (χ1) is 8.19. The van der Waals surface area contributed by atoms with Crippen molar-refractivity contribution in [1.82, 2.24) is 9.97 Å². The van der Waals surface area contributed by atoms with E-state index in [4.69, 9.17) is 5.84 Å². The molecular weight excluding hydrogens is 214 g/mol. The molecule has 0 aliphatic carbocycles. The molecule has 0 aliphatic heterocycles. The van der Waals surface area contributed by atoms with Crippen LogP contribution in [0.5, 0.6) is 0 Å². The first-order valence-electron chi connectivity index (χ1n) is 6.22. The van der Waals surface area contributed by atoms with Crippen molar-refractivity contribution in [2.75, 3.05) is 17.4 Å². The highest BCUT2D eigenvalue weighted by molar-refractivity contribution is 5.58. The van der Waals surface area contributed by atoms with E-state index in [-0.39, 0.29) is 0 Å². The molecule has 96 valence electrons. The lowest BCUT2D eigenvalue weighted by molar-refractivity contribution is 0.584. The Kier molecular flexibility index (Phi) is 5.15. The Balaban J connectivity index is 3.11. The minimum atomic E-state index is 0.501. The van der Waals surface area contributed by atoms with Crippen LogP contribution < -0.4 is 16.2 Å². The van der Waals surface area contributed by atoms with Crippen molar-refractivity contribution < 1.29 is 0 Å². The smallest absolute Gasteiger partial charge is 0.148 e. The highest BCUT2D eigenvalue weighted by atomic mass is 15.3. The van der Waals surface area contributed by atoms with Crippen LogP contribution in [-0.2, 0) is 6.42 Å². The second kappa shape index (κ2) is 6.39. The minimum Gasteiger partial charge on any atom is -0.356 e. The summed E-state index contributed by atoms with van der Waals surface area (Å²) in [5.41, 5.74) is 3.71. The lowest BCUT2D eigenvalue weighted by Crippen LogP contribution is -2.32. The van der Waals surface area contributed by atoms with Gasteiger partial charge < -0.3 is 10.3 Å². The average molecular weight is 237 g/mol. The molecule has 0 fully saturated rings. The van der Waals surface area contributed by atoms with Crippen LogP contribution in [0.4, 0.5) is 11.6 Å². The lowest BCUT2D eigenvalue weighted by Gasteiger charge is -2.29. The number of aromatic nitrogens is 2. The van der Waals surface area contributed by atoms with Gasteiger partial charge in [-0.25, -0.2) is 15.8 Å². The van der Waals surface area contributed by atoms with Gasteiger partial charge in [0.2, 0.25) is 0 Å². The van der Waals surface area contributed by atoms with Gasteiger partial charge in [-0.05, 0) is 19.3 Å². The van der Waals surface area contributed by atoms with E-state index in [1.165, 1.54) is 0 Å². The van der Waals surface area contributed by atoms with Gasteiger partial charge in [0.05, 0.1) is 0 Å². The number of nitrogens with one attached hydrogen (secondary N) is 1. The summed E-state index contributed by atoms with van der Waals surface area (Å²) in [6, 6.07) is 0.501. The van der Waals surface area contributed by atoms with Crippen LogP contribution in [0.15, 0.2) is 6.33 Å². The number of rotatable bonds is 6. The molecule has 1 aromatic rings. The van der Waals surface area contributed by atoms with E-state index >= 15 is 0 Å². The Hall–Kier alpha value is -1.36. The average Bonchev–Trinajstić information content (AvgIpc) is 2.38. The number of hydrazine groups is 1. The van der Waals surface area contributed by atoms with Crippen LogP contribution in [0.2, 0.25) is 0 Å². The van der Waals surface area contributed by atoms with Crippen molar-refractivity contribution in [3.8, 4) is 0 Å². The molecule has 5 nitrogen and oxygen atoms in total. The van der Waals surface area contributed by atoms with Crippen molar-refractivity contribution in [2.24, 2.45) is 5.84 Å². The maximum Gasteiger partial charge on any atom is 0.148 e. The van der Waals surface area contributed by atoms with Crippen molar-refractivity contribution >= 4 is 11.6 Å². The Morgan fingerprint density at radius 1 is 1.29 bits per heavy atom. The monoisotopic (exact) mass is 237 g/mol. The number of nitrogens with zero attached hydrogens (tertiary/aromatic N) is 3. The molecular formula is C12H23N5.